The summed E-state index contributed by atoms with van der Waals surface area (Å²) in [5.41, 5.74) is 2.92. The first-order chi connectivity index (χ1) is 12.8. The highest BCUT2D eigenvalue weighted by Crippen LogP contribution is 2.31. The second-order valence-corrected chi connectivity index (χ2v) is 7.49. The molecule has 136 valence electrons. The summed E-state index contributed by atoms with van der Waals surface area (Å²) in [6.45, 7) is 5.02. The molecule has 0 spiro atoms. The number of hydrogen-bond acceptors (Lipinski definition) is 6. The van der Waals surface area contributed by atoms with E-state index in [1.165, 1.54) is 24.8 Å². The summed E-state index contributed by atoms with van der Waals surface area (Å²) in [5.74, 6) is 0.270. The van der Waals surface area contributed by atoms with E-state index in [1.807, 2.05) is 6.92 Å². The van der Waals surface area contributed by atoms with Gasteiger partial charge in [0.25, 0.3) is 0 Å². The molecule has 0 aliphatic heterocycles. The smallest absolute Gasteiger partial charge is 0.336 e. The maximum absolute atomic E-state index is 11.9. The van der Waals surface area contributed by atoms with Crippen LogP contribution in [0.2, 0.25) is 5.02 Å². The number of hydrogen-bond donors (Lipinski definition) is 0. The summed E-state index contributed by atoms with van der Waals surface area (Å²) < 4.78 is 5.27. The van der Waals surface area contributed by atoms with Crippen LogP contribution >= 0.6 is 23.4 Å². The maximum atomic E-state index is 11.9. The van der Waals surface area contributed by atoms with E-state index in [-0.39, 0.29) is 5.78 Å². The average molecular weight is 399 g/mol. The Bertz CT molecular complexity index is 1180. The molecule has 0 atom stereocenters. The molecule has 0 aliphatic carbocycles. The SMILES string of the molecule is CC(=O)c1cc(C#N)c(SCc2cc(=O)oc3cc(C)c(Cl)cc23)nc1C. The number of rotatable bonds is 4. The molecule has 0 radical (unpaired) electrons. The molecule has 0 N–H and O–H groups in total. The fourth-order valence-electron chi connectivity index (χ4n) is 2.74. The fraction of sp³-hybridized carbons (Fsp3) is 0.200. The molecule has 0 unspecified atom stereocenters. The van der Waals surface area contributed by atoms with Gasteiger partial charge in [0, 0.05) is 33.5 Å². The third-order valence-electron chi connectivity index (χ3n) is 4.15. The molecule has 0 saturated carbocycles. The zero-order chi connectivity index (χ0) is 19.7. The van der Waals surface area contributed by atoms with E-state index in [0.29, 0.717) is 38.2 Å². The van der Waals surface area contributed by atoms with Crippen molar-refractivity contribution in [2.45, 2.75) is 31.6 Å². The molecule has 0 aliphatic rings. The van der Waals surface area contributed by atoms with Gasteiger partial charge in [0.2, 0.25) is 0 Å². The number of Topliss-reactive ketones (excluding diaryl/α,β-unsaturated/α-hetero) is 1. The molecule has 0 saturated heterocycles. The lowest BCUT2D eigenvalue weighted by molar-refractivity contribution is 0.101. The number of benzene rings is 1. The first-order valence-corrected chi connectivity index (χ1v) is 9.45. The highest BCUT2D eigenvalue weighted by Gasteiger charge is 2.14. The number of aryl methyl sites for hydroxylation is 2. The molecule has 0 fully saturated rings. The predicted octanol–water partition coefficient (Wildman–Crippen LogP) is 4.82. The zero-order valence-electron chi connectivity index (χ0n) is 14.9. The monoisotopic (exact) mass is 398 g/mol. The van der Waals surface area contributed by atoms with Gasteiger partial charge in [-0.05, 0) is 50.1 Å². The van der Waals surface area contributed by atoms with Crippen LogP contribution in [0.4, 0.5) is 0 Å². The average Bonchev–Trinajstić information content (AvgIpc) is 2.61. The second kappa shape index (κ2) is 7.55. The van der Waals surface area contributed by atoms with Crippen molar-refractivity contribution in [3.05, 3.63) is 67.7 Å². The molecule has 27 heavy (non-hydrogen) atoms. The Hall–Kier alpha value is -2.62. The van der Waals surface area contributed by atoms with Crippen LogP contribution in [0.3, 0.4) is 0 Å². The van der Waals surface area contributed by atoms with Gasteiger partial charge in [0.1, 0.15) is 16.7 Å². The molecule has 5 nitrogen and oxygen atoms in total. The summed E-state index contributed by atoms with van der Waals surface area (Å²) in [6, 6.07) is 8.57. The summed E-state index contributed by atoms with van der Waals surface area (Å²) in [4.78, 5) is 28.0. The van der Waals surface area contributed by atoms with Crippen molar-refractivity contribution in [3.8, 4) is 6.07 Å². The summed E-state index contributed by atoms with van der Waals surface area (Å²) in [5, 5.41) is 11.2. The van der Waals surface area contributed by atoms with Gasteiger partial charge >= 0.3 is 5.63 Å². The summed E-state index contributed by atoms with van der Waals surface area (Å²) in [6.07, 6.45) is 0. The highest BCUT2D eigenvalue weighted by molar-refractivity contribution is 7.98. The van der Waals surface area contributed by atoms with Gasteiger partial charge in [-0.3, -0.25) is 4.79 Å². The number of carbonyl (C=O) groups is 1. The highest BCUT2D eigenvalue weighted by atomic mass is 35.5. The van der Waals surface area contributed by atoms with Gasteiger partial charge in [-0.1, -0.05) is 11.6 Å². The van der Waals surface area contributed by atoms with Crippen LogP contribution in [0.25, 0.3) is 11.0 Å². The standard InChI is InChI=1S/C20H15ClN2O3S/c1-10-4-18-16(7-17(10)21)14(6-19(25)26-18)9-27-20-13(8-22)5-15(12(3)24)11(2)23-20/h4-7H,9H2,1-3H3. The zero-order valence-corrected chi connectivity index (χ0v) is 16.5. The number of nitrogens with zero attached hydrogens (tertiary/aromatic N) is 2. The van der Waals surface area contributed by atoms with Crippen molar-refractivity contribution in [1.29, 1.82) is 5.26 Å². The summed E-state index contributed by atoms with van der Waals surface area (Å²) >= 11 is 7.54. The molecule has 0 amide bonds. The number of aromatic nitrogens is 1. The molecule has 3 aromatic rings. The van der Waals surface area contributed by atoms with Crippen LogP contribution in [-0.4, -0.2) is 10.8 Å². The Morgan fingerprint density at radius 2 is 2.04 bits per heavy atom. The lowest BCUT2D eigenvalue weighted by Gasteiger charge is -2.10. The maximum Gasteiger partial charge on any atom is 0.336 e. The minimum absolute atomic E-state index is 0.135. The number of carbonyl (C=O) groups excluding carboxylic acids is 1. The van der Waals surface area contributed by atoms with E-state index in [0.717, 1.165) is 16.5 Å². The predicted molar refractivity (Wildman–Crippen MR) is 105 cm³/mol. The van der Waals surface area contributed by atoms with Crippen molar-refractivity contribution < 1.29 is 9.21 Å². The third-order valence-corrected chi connectivity index (χ3v) is 5.60. The Balaban J connectivity index is 2.02. The van der Waals surface area contributed by atoms with Crippen molar-refractivity contribution in [2.24, 2.45) is 0 Å². The number of ketones is 1. The van der Waals surface area contributed by atoms with Crippen LogP contribution in [0, 0.1) is 25.2 Å². The van der Waals surface area contributed by atoms with Crippen molar-refractivity contribution >= 4 is 40.1 Å². The largest absolute Gasteiger partial charge is 0.423 e. The third kappa shape index (κ3) is 3.90. The van der Waals surface area contributed by atoms with E-state index < -0.39 is 5.63 Å². The molecular formula is C20H15ClN2O3S. The van der Waals surface area contributed by atoms with E-state index >= 15 is 0 Å². The molecule has 2 heterocycles. The molecule has 0 bridgehead atoms. The van der Waals surface area contributed by atoms with Crippen molar-refractivity contribution in [1.82, 2.24) is 4.98 Å². The van der Waals surface area contributed by atoms with Gasteiger partial charge in [0.15, 0.2) is 5.78 Å². The minimum atomic E-state index is -0.448. The van der Waals surface area contributed by atoms with Gasteiger partial charge in [0.05, 0.1) is 5.56 Å². The van der Waals surface area contributed by atoms with E-state index in [2.05, 4.69) is 11.1 Å². The first kappa shape index (κ1) is 19.2. The van der Waals surface area contributed by atoms with Crippen LogP contribution in [0.5, 0.6) is 0 Å². The van der Waals surface area contributed by atoms with Crippen LogP contribution in [0.1, 0.15) is 39.7 Å². The topological polar surface area (TPSA) is 84.0 Å². The van der Waals surface area contributed by atoms with Gasteiger partial charge in [-0.2, -0.15) is 5.26 Å². The Morgan fingerprint density at radius 1 is 1.30 bits per heavy atom. The Labute approximate surface area is 165 Å². The second-order valence-electron chi connectivity index (χ2n) is 6.12. The fourth-order valence-corrected chi connectivity index (χ4v) is 3.90. The lowest BCUT2D eigenvalue weighted by atomic mass is 10.1. The Kier molecular flexibility index (Phi) is 5.36. The van der Waals surface area contributed by atoms with Crippen LogP contribution in [0.15, 0.2) is 38.5 Å². The summed E-state index contributed by atoms with van der Waals surface area (Å²) in [7, 11) is 0. The number of thioether (sulfide) groups is 1. The van der Waals surface area contributed by atoms with Gasteiger partial charge in [-0.25, -0.2) is 9.78 Å². The molecule has 1 aromatic carbocycles. The van der Waals surface area contributed by atoms with Crippen LogP contribution in [-0.2, 0) is 5.75 Å². The van der Waals surface area contributed by atoms with E-state index in [9.17, 15) is 14.9 Å². The van der Waals surface area contributed by atoms with Gasteiger partial charge in [-0.15, -0.1) is 11.8 Å². The Morgan fingerprint density at radius 3 is 2.70 bits per heavy atom. The van der Waals surface area contributed by atoms with Crippen molar-refractivity contribution in [2.75, 3.05) is 0 Å². The number of fused-ring (bicyclic) bond motifs is 1. The van der Waals surface area contributed by atoms with Crippen LogP contribution < -0.4 is 5.63 Å². The first-order valence-electron chi connectivity index (χ1n) is 8.08. The molecule has 2 aromatic heterocycles. The molecule has 7 heteroatoms. The van der Waals surface area contributed by atoms with E-state index in [1.54, 1.807) is 25.1 Å². The van der Waals surface area contributed by atoms with Gasteiger partial charge < -0.3 is 4.42 Å². The lowest BCUT2D eigenvalue weighted by Crippen LogP contribution is -2.03. The molecule has 3 rings (SSSR count). The molecular weight excluding hydrogens is 384 g/mol. The van der Waals surface area contributed by atoms with Crippen molar-refractivity contribution in [3.63, 3.8) is 0 Å². The number of halogens is 1. The quantitative estimate of drug-likeness (QED) is 0.355. The number of pyridine rings is 1. The normalized spacial score (nSPS) is 10.8. The minimum Gasteiger partial charge on any atom is -0.423 e. The number of nitriles is 1. The van der Waals surface area contributed by atoms with E-state index in [4.69, 9.17) is 16.0 Å².